The molecule has 0 aliphatic carbocycles. The van der Waals surface area contributed by atoms with Crippen molar-refractivity contribution in [1.29, 1.82) is 0 Å². The normalized spacial score (nSPS) is 15.1. The lowest BCUT2D eigenvalue weighted by molar-refractivity contribution is -0.123. The number of amides is 1. The van der Waals surface area contributed by atoms with Gasteiger partial charge in [-0.3, -0.25) is 4.79 Å². The van der Waals surface area contributed by atoms with Crippen LogP contribution >= 0.6 is 0 Å². The van der Waals surface area contributed by atoms with Gasteiger partial charge in [-0.2, -0.15) is 4.31 Å². The number of hydrogen-bond acceptors (Lipinski definition) is 5. The van der Waals surface area contributed by atoms with E-state index in [1.807, 2.05) is 32.0 Å². The molecule has 0 spiro atoms. The van der Waals surface area contributed by atoms with Gasteiger partial charge in [0.2, 0.25) is 10.0 Å². The molecule has 0 unspecified atom stereocenters. The first-order valence-electron chi connectivity index (χ1n) is 9.50. The Morgan fingerprint density at radius 1 is 1.10 bits per heavy atom. The summed E-state index contributed by atoms with van der Waals surface area (Å²) in [5.74, 6) is 0.306. The van der Waals surface area contributed by atoms with E-state index in [-0.39, 0.29) is 24.0 Å². The fourth-order valence-corrected chi connectivity index (χ4v) is 4.66. The van der Waals surface area contributed by atoms with Crippen molar-refractivity contribution in [2.75, 3.05) is 32.9 Å². The molecule has 1 aliphatic rings. The highest BCUT2D eigenvalue weighted by atomic mass is 32.2. The summed E-state index contributed by atoms with van der Waals surface area (Å²) in [5.41, 5.74) is 2.78. The lowest BCUT2D eigenvalue weighted by Crippen LogP contribution is -2.41. The molecule has 2 aromatic carbocycles. The van der Waals surface area contributed by atoms with Crippen molar-refractivity contribution in [3.05, 3.63) is 59.2 Å². The van der Waals surface area contributed by atoms with E-state index < -0.39 is 10.0 Å². The highest BCUT2D eigenvalue weighted by Crippen LogP contribution is 2.21. The molecule has 0 bridgehead atoms. The Labute approximate surface area is 171 Å². The van der Waals surface area contributed by atoms with Crippen molar-refractivity contribution >= 4 is 15.9 Å². The fourth-order valence-electron chi connectivity index (χ4n) is 3.02. The SMILES string of the molecule is Cc1ccc(OCC(=O)NCc2ccccc2S(=O)(=O)N2CCOCC2)cc1C. The molecule has 29 heavy (non-hydrogen) atoms. The zero-order valence-electron chi connectivity index (χ0n) is 16.7. The molecule has 8 heteroatoms. The molecule has 156 valence electrons. The summed E-state index contributed by atoms with van der Waals surface area (Å²) in [5, 5.41) is 2.74. The summed E-state index contributed by atoms with van der Waals surface area (Å²) in [6.07, 6.45) is 0. The zero-order chi connectivity index (χ0) is 20.9. The summed E-state index contributed by atoms with van der Waals surface area (Å²) in [6, 6.07) is 12.4. The Morgan fingerprint density at radius 3 is 2.55 bits per heavy atom. The number of hydrogen-bond donors (Lipinski definition) is 1. The molecule has 1 N–H and O–H groups in total. The Bertz CT molecular complexity index is 969. The van der Waals surface area contributed by atoms with E-state index in [1.54, 1.807) is 24.3 Å². The molecule has 7 nitrogen and oxygen atoms in total. The van der Waals surface area contributed by atoms with Gasteiger partial charge in [0, 0.05) is 19.6 Å². The third-order valence-electron chi connectivity index (χ3n) is 4.88. The number of sulfonamides is 1. The minimum Gasteiger partial charge on any atom is -0.484 e. The van der Waals surface area contributed by atoms with Gasteiger partial charge < -0.3 is 14.8 Å². The van der Waals surface area contributed by atoms with Crippen molar-refractivity contribution in [3.63, 3.8) is 0 Å². The second kappa shape index (κ2) is 9.39. The minimum atomic E-state index is -3.63. The zero-order valence-corrected chi connectivity index (χ0v) is 17.5. The molecule has 0 aromatic heterocycles. The first-order chi connectivity index (χ1) is 13.9. The largest absolute Gasteiger partial charge is 0.484 e. The van der Waals surface area contributed by atoms with Gasteiger partial charge in [0.1, 0.15) is 5.75 Å². The third-order valence-corrected chi connectivity index (χ3v) is 6.88. The predicted octanol–water partition coefficient (Wildman–Crippen LogP) is 2.02. The summed E-state index contributed by atoms with van der Waals surface area (Å²) in [7, 11) is -3.63. The Hall–Kier alpha value is -2.42. The predicted molar refractivity (Wildman–Crippen MR) is 109 cm³/mol. The maximum absolute atomic E-state index is 13.0. The first-order valence-corrected chi connectivity index (χ1v) is 10.9. The summed E-state index contributed by atoms with van der Waals surface area (Å²) >= 11 is 0. The van der Waals surface area contributed by atoms with E-state index in [9.17, 15) is 13.2 Å². The van der Waals surface area contributed by atoms with Gasteiger partial charge in [-0.15, -0.1) is 0 Å². The van der Waals surface area contributed by atoms with Crippen LogP contribution in [0.5, 0.6) is 5.75 Å². The number of nitrogens with one attached hydrogen (secondary N) is 1. The molecule has 1 amide bonds. The molecule has 1 saturated heterocycles. The molecule has 3 rings (SSSR count). The van der Waals surface area contributed by atoms with Crippen LogP contribution in [0.1, 0.15) is 16.7 Å². The second-order valence-corrected chi connectivity index (χ2v) is 8.84. The van der Waals surface area contributed by atoms with Gasteiger partial charge >= 0.3 is 0 Å². The van der Waals surface area contributed by atoms with Crippen molar-refractivity contribution in [1.82, 2.24) is 9.62 Å². The minimum absolute atomic E-state index is 0.106. The number of carbonyl (C=O) groups is 1. The quantitative estimate of drug-likeness (QED) is 0.744. The van der Waals surface area contributed by atoms with E-state index in [2.05, 4.69) is 5.32 Å². The topological polar surface area (TPSA) is 84.9 Å². The highest BCUT2D eigenvalue weighted by Gasteiger charge is 2.28. The Morgan fingerprint density at radius 2 is 1.83 bits per heavy atom. The molecular formula is C21H26N2O5S. The molecule has 1 fully saturated rings. The van der Waals surface area contributed by atoms with Crippen LogP contribution in [0.2, 0.25) is 0 Å². The average Bonchev–Trinajstić information content (AvgIpc) is 2.74. The van der Waals surface area contributed by atoms with Gasteiger partial charge in [0.25, 0.3) is 5.91 Å². The van der Waals surface area contributed by atoms with E-state index in [0.717, 1.165) is 11.1 Å². The van der Waals surface area contributed by atoms with E-state index in [4.69, 9.17) is 9.47 Å². The van der Waals surface area contributed by atoms with E-state index in [1.165, 1.54) is 4.31 Å². The summed E-state index contributed by atoms with van der Waals surface area (Å²) in [4.78, 5) is 12.4. The van der Waals surface area contributed by atoms with Crippen molar-refractivity contribution in [3.8, 4) is 5.75 Å². The van der Waals surface area contributed by atoms with Crippen molar-refractivity contribution < 1.29 is 22.7 Å². The van der Waals surface area contributed by atoms with Crippen LogP contribution < -0.4 is 10.1 Å². The number of aryl methyl sites for hydroxylation is 2. The Balaban J connectivity index is 1.62. The van der Waals surface area contributed by atoms with Gasteiger partial charge in [0.15, 0.2) is 6.61 Å². The number of nitrogens with zero attached hydrogens (tertiary/aromatic N) is 1. The summed E-state index contributed by atoms with van der Waals surface area (Å²) < 4.78 is 38.1. The monoisotopic (exact) mass is 418 g/mol. The molecule has 1 heterocycles. The standard InChI is InChI=1S/C21H26N2O5S/c1-16-7-8-19(13-17(16)2)28-15-21(24)22-14-18-5-3-4-6-20(18)29(25,26)23-9-11-27-12-10-23/h3-8,13H,9-12,14-15H2,1-2H3,(H,22,24). The second-order valence-electron chi connectivity index (χ2n) is 6.94. The summed E-state index contributed by atoms with van der Waals surface area (Å²) in [6.45, 7) is 5.37. The maximum Gasteiger partial charge on any atom is 0.258 e. The number of rotatable bonds is 7. The van der Waals surface area contributed by atoms with E-state index >= 15 is 0 Å². The van der Waals surface area contributed by atoms with Gasteiger partial charge in [0.05, 0.1) is 18.1 Å². The average molecular weight is 419 g/mol. The highest BCUT2D eigenvalue weighted by molar-refractivity contribution is 7.89. The number of morpholine rings is 1. The Kier molecular flexibility index (Phi) is 6.89. The molecule has 0 radical (unpaired) electrons. The van der Waals surface area contributed by atoms with Gasteiger partial charge in [-0.05, 0) is 48.7 Å². The smallest absolute Gasteiger partial charge is 0.258 e. The van der Waals surface area contributed by atoms with Crippen LogP contribution in [0.3, 0.4) is 0 Å². The molecule has 0 saturated carbocycles. The van der Waals surface area contributed by atoms with Crippen LogP contribution in [0.4, 0.5) is 0 Å². The van der Waals surface area contributed by atoms with Crippen LogP contribution in [-0.4, -0.2) is 51.5 Å². The maximum atomic E-state index is 13.0. The first kappa shape index (κ1) is 21.3. The fraction of sp³-hybridized carbons (Fsp3) is 0.381. The lowest BCUT2D eigenvalue weighted by atomic mass is 10.1. The number of ether oxygens (including phenoxy) is 2. The molecule has 2 aromatic rings. The van der Waals surface area contributed by atoms with Crippen LogP contribution in [0, 0.1) is 13.8 Å². The van der Waals surface area contributed by atoms with Crippen LogP contribution in [0.25, 0.3) is 0 Å². The van der Waals surface area contributed by atoms with Crippen molar-refractivity contribution in [2.45, 2.75) is 25.3 Å². The van der Waals surface area contributed by atoms with Crippen LogP contribution in [-0.2, 0) is 26.1 Å². The van der Waals surface area contributed by atoms with E-state index in [0.29, 0.717) is 37.6 Å². The lowest BCUT2D eigenvalue weighted by Gasteiger charge is -2.27. The van der Waals surface area contributed by atoms with Crippen LogP contribution in [0.15, 0.2) is 47.4 Å². The molecule has 0 atom stereocenters. The number of benzene rings is 2. The van der Waals surface area contributed by atoms with Crippen molar-refractivity contribution in [2.24, 2.45) is 0 Å². The van der Waals surface area contributed by atoms with Gasteiger partial charge in [-0.25, -0.2) is 8.42 Å². The molecule has 1 aliphatic heterocycles. The third kappa shape index (κ3) is 5.35. The van der Waals surface area contributed by atoms with Gasteiger partial charge in [-0.1, -0.05) is 24.3 Å². The molecular weight excluding hydrogens is 392 g/mol. The number of carbonyl (C=O) groups excluding carboxylic acids is 1.